The van der Waals surface area contributed by atoms with E-state index in [4.69, 9.17) is 4.74 Å². The number of aromatic nitrogens is 1. The zero-order valence-electron chi connectivity index (χ0n) is 18.8. The first-order valence-electron chi connectivity index (χ1n) is 10.1. The summed E-state index contributed by atoms with van der Waals surface area (Å²) in [4.78, 5) is 42.4. The monoisotopic (exact) mass is 509 g/mol. The standard InChI is InChI=1S/C21H23N5O6S.ClH/c1-4-32-17-6-7-18-19(13-17)33-21(22-18)24(9-5-8-23(2)3)20(27)14-10-15(25(28)29)12-16(11-14)26(30)31;/h6-7,10-13H,4-5,8-9H2,1-3H3;1H. The number of ether oxygens (including phenoxy) is 1. The number of carbonyl (C=O) groups excluding carboxylic acids is 1. The molecule has 0 radical (unpaired) electrons. The van der Waals surface area contributed by atoms with Gasteiger partial charge in [0.05, 0.1) is 38.3 Å². The van der Waals surface area contributed by atoms with E-state index < -0.39 is 27.1 Å². The smallest absolute Gasteiger partial charge is 0.277 e. The first-order valence-corrected chi connectivity index (χ1v) is 10.9. The summed E-state index contributed by atoms with van der Waals surface area (Å²) in [5.74, 6) is 0.0876. The zero-order valence-corrected chi connectivity index (χ0v) is 20.4. The first kappa shape index (κ1) is 26.9. The summed E-state index contributed by atoms with van der Waals surface area (Å²) < 4.78 is 6.34. The molecule has 3 rings (SSSR count). The predicted molar refractivity (Wildman–Crippen MR) is 133 cm³/mol. The molecular formula is C21H24ClN5O6S. The van der Waals surface area contributed by atoms with E-state index in [1.807, 2.05) is 32.0 Å². The molecule has 0 atom stereocenters. The molecule has 0 aliphatic heterocycles. The van der Waals surface area contributed by atoms with Crippen LogP contribution in [0, 0.1) is 20.2 Å². The van der Waals surface area contributed by atoms with Gasteiger partial charge in [-0.05, 0) is 52.2 Å². The third-order valence-electron chi connectivity index (χ3n) is 4.69. The van der Waals surface area contributed by atoms with Gasteiger partial charge in [-0.3, -0.25) is 29.9 Å². The van der Waals surface area contributed by atoms with Crippen molar-refractivity contribution in [3.63, 3.8) is 0 Å². The highest BCUT2D eigenvalue weighted by Crippen LogP contribution is 2.33. The summed E-state index contributed by atoms with van der Waals surface area (Å²) in [6, 6.07) is 8.35. The summed E-state index contributed by atoms with van der Waals surface area (Å²) in [5, 5.41) is 22.9. The Bertz CT molecular complexity index is 1170. The summed E-state index contributed by atoms with van der Waals surface area (Å²) >= 11 is 1.28. The van der Waals surface area contributed by atoms with Gasteiger partial charge in [0.25, 0.3) is 17.3 Å². The van der Waals surface area contributed by atoms with Gasteiger partial charge in [0, 0.05) is 18.7 Å². The molecule has 1 aromatic heterocycles. The lowest BCUT2D eigenvalue weighted by Crippen LogP contribution is -2.33. The molecule has 0 spiro atoms. The van der Waals surface area contributed by atoms with Crippen LogP contribution in [-0.4, -0.2) is 59.4 Å². The molecule has 3 aromatic rings. The number of hydrogen-bond acceptors (Lipinski definition) is 9. The number of fused-ring (bicyclic) bond motifs is 1. The highest BCUT2D eigenvalue weighted by Gasteiger charge is 2.26. The fourth-order valence-corrected chi connectivity index (χ4v) is 4.20. The van der Waals surface area contributed by atoms with Crippen molar-refractivity contribution in [2.45, 2.75) is 13.3 Å². The fourth-order valence-electron chi connectivity index (χ4n) is 3.18. The van der Waals surface area contributed by atoms with Crippen LogP contribution in [0.2, 0.25) is 0 Å². The summed E-state index contributed by atoms with van der Waals surface area (Å²) in [6.07, 6.45) is 0.607. The molecule has 1 amide bonds. The molecule has 2 aromatic carbocycles. The van der Waals surface area contributed by atoms with Crippen LogP contribution < -0.4 is 9.64 Å². The second-order valence-corrected chi connectivity index (χ2v) is 8.43. The number of hydrogen-bond donors (Lipinski definition) is 0. The van der Waals surface area contributed by atoms with E-state index in [9.17, 15) is 25.0 Å². The number of nitro benzene ring substituents is 2. The van der Waals surface area contributed by atoms with Crippen molar-refractivity contribution < 1.29 is 19.4 Å². The zero-order chi connectivity index (χ0) is 24.1. The van der Waals surface area contributed by atoms with Crippen molar-refractivity contribution in [2.24, 2.45) is 0 Å². The van der Waals surface area contributed by atoms with Crippen LogP contribution in [0.4, 0.5) is 16.5 Å². The van der Waals surface area contributed by atoms with Gasteiger partial charge in [0.15, 0.2) is 5.13 Å². The highest BCUT2D eigenvalue weighted by atomic mass is 35.5. The maximum atomic E-state index is 13.4. The first-order chi connectivity index (χ1) is 15.7. The van der Waals surface area contributed by atoms with Crippen molar-refractivity contribution in [2.75, 3.05) is 38.7 Å². The molecule has 0 aliphatic carbocycles. The van der Waals surface area contributed by atoms with E-state index in [1.165, 1.54) is 16.2 Å². The number of non-ortho nitro benzene ring substituents is 2. The molecular weight excluding hydrogens is 486 g/mol. The number of halogens is 1. The van der Waals surface area contributed by atoms with E-state index >= 15 is 0 Å². The number of nitrogens with zero attached hydrogens (tertiary/aromatic N) is 5. The molecule has 0 N–H and O–H groups in total. The van der Waals surface area contributed by atoms with Crippen molar-refractivity contribution in [3.8, 4) is 5.75 Å². The minimum Gasteiger partial charge on any atom is -0.494 e. The molecule has 0 bridgehead atoms. The number of nitro groups is 2. The quantitative estimate of drug-likeness (QED) is 0.287. The average molecular weight is 510 g/mol. The largest absolute Gasteiger partial charge is 0.494 e. The van der Waals surface area contributed by atoms with Crippen LogP contribution in [0.1, 0.15) is 23.7 Å². The molecule has 0 fully saturated rings. The molecule has 0 unspecified atom stereocenters. The van der Waals surface area contributed by atoms with Gasteiger partial charge >= 0.3 is 0 Å². The number of thiazole rings is 1. The minimum atomic E-state index is -0.757. The van der Waals surface area contributed by atoms with Crippen molar-refractivity contribution in [1.29, 1.82) is 0 Å². The lowest BCUT2D eigenvalue weighted by Gasteiger charge is -2.21. The van der Waals surface area contributed by atoms with E-state index in [1.54, 1.807) is 12.1 Å². The Hall–Kier alpha value is -3.35. The molecule has 0 aliphatic rings. The highest BCUT2D eigenvalue weighted by molar-refractivity contribution is 7.22. The number of carbonyl (C=O) groups is 1. The Morgan fingerprint density at radius 3 is 2.26 bits per heavy atom. The Labute approximate surface area is 205 Å². The summed E-state index contributed by atoms with van der Waals surface area (Å²) in [5.41, 5.74) is -0.512. The minimum absolute atomic E-state index is 0. The van der Waals surface area contributed by atoms with Gasteiger partial charge in [-0.2, -0.15) is 0 Å². The van der Waals surface area contributed by atoms with Crippen molar-refractivity contribution >= 4 is 56.4 Å². The molecule has 34 heavy (non-hydrogen) atoms. The van der Waals surface area contributed by atoms with Crippen LogP contribution in [-0.2, 0) is 0 Å². The van der Waals surface area contributed by atoms with E-state index in [0.717, 1.165) is 22.9 Å². The van der Waals surface area contributed by atoms with Crippen LogP contribution >= 0.6 is 23.7 Å². The van der Waals surface area contributed by atoms with E-state index in [0.29, 0.717) is 36.0 Å². The van der Waals surface area contributed by atoms with Crippen LogP contribution in [0.15, 0.2) is 36.4 Å². The molecule has 11 nitrogen and oxygen atoms in total. The van der Waals surface area contributed by atoms with Crippen LogP contribution in [0.5, 0.6) is 5.75 Å². The van der Waals surface area contributed by atoms with Gasteiger partial charge in [0.2, 0.25) is 0 Å². The molecule has 1 heterocycles. The number of anilines is 1. The third-order valence-corrected chi connectivity index (χ3v) is 5.73. The SMILES string of the molecule is CCOc1ccc2nc(N(CCCN(C)C)C(=O)c3cc([N+](=O)[O-])cc([N+](=O)[O-])c3)sc2c1.Cl. The summed E-state index contributed by atoms with van der Waals surface area (Å²) in [7, 11) is 3.81. The van der Waals surface area contributed by atoms with Crippen LogP contribution in [0.25, 0.3) is 10.2 Å². The number of rotatable bonds is 10. The number of benzene rings is 2. The van der Waals surface area contributed by atoms with Crippen LogP contribution in [0.3, 0.4) is 0 Å². The Kier molecular flexibility index (Phi) is 9.24. The maximum Gasteiger partial charge on any atom is 0.277 e. The Balaban J connectivity index is 0.00000408. The topological polar surface area (TPSA) is 132 Å². The van der Waals surface area contributed by atoms with Gasteiger partial charge in [-0.1, -0.05) is 11.3 Å². The van der Waals surface area contributed by atoms with Crippen molar-refractivity contribution in [1.82, 2.24) is 9.88 Å². The normalized spacial score (nSPS) is 10.7. The van der Waals surface area contributed by atoms with Gasteiger partial charge in [-0.25, -0.2) is 4.98 Å². The second kappa shape index (κ2) is 11.7. The molecule has 0 saturated carbocycles. The van der Waals surface area contributed by atoms with E-state index in [2.05, 4.69) is 4.98 Å². The Morgan fingerprint density at radius 1 is 1.06 bits per heavy atom. The lowest BCUT2D eigenvalue weighted by atomic mass is 10.1. The lowest BCUT2D eigenvalue weighted by molar-refractivity contribution is -0.394. The maximum absolute atomic E-state index is 13.4. The average Bonchev–Trinajstić information content (AvgIpc) is 3.19. The summed E-state index contributed by atoms with van der Waals surface area (Å²) in [6.45, 7) is 3.37. The molecule has 0 saturated heterocycles. The number of amides is 1. The Morgan fingerprint density at radius 2 is 1.71 bits per heavy atom. The van der Waals surface area contributed by atoms with Gasteiger partial charge in [0.1, 0.15) is 5.75 Å². The van der Waals surface area contributed by atoms with E-state index in [-0.39, 0.29) is 24.5 Å². The third kappa shape index (κ3) is 6.37. The van der Waals surface area contributed by atoms with Gasteiger partial charge in [-0.15, -0.1) is 12.4 Å². The molecule has 13 heteroatoms. The fraction of sp³-hybridized carbons (Fsp3) is 0.333. The van der Waals surface area contributed by atoms with Crippen molar-refractivity contribution in [3.05, 3.63) is 62.2 Å². The molecule has 182 valence electrons. The van der Waals surface area contributed by atoms with Gasteiger partial charge < -0.3 is 9.64 Å². The predicted octanol–water partition coefficient (Wildman–Crippen LogP) is 4.53. The second-order valence-electron chi connectivity index (χ2n) is 7.42.